The number of hydrogen-bond donors (Lipinski definition) is 2. The summed E-state index contributed by atoms with van der Waals surface area (Å²) in [5.74, 6) is 0.814. The van der Waals surface area contributed by atoms with Crippen LogP contribution in [-0.4, -0.2) is 34.6 Å². The molecule has 0 aromatic heterocycles. The van der Waals surface area contributed by atoms with Gasteiger partial charge in [-0.25, -0.2) is 0 Å². The van der Waals surface area contributed by atoms with Crippen LogP contribution >= 0.6 is 12.2 Å². The first kappa shape index (κ1) is 14.4. The zero-order valence-electron chi connectivity index (χ0n) is 11.5. The zero-order chi connectivity index (χ0) is 14.0. The van der Waals surface area contributed by atoms with Crippen LogP contribution in [0, 0.1) is 5.92 Å². The van der Waals surface area contributed by atoms with E-state index in [-0.39, 0.29) is 0 Å². The van der Waals surface area contributed by atoms with Crippen LogP contribution in [0.3, 0.4) is 0 Å². The van der Waals surface area contributed by atoms with Gasteiger partial charge in [-0.3, -0.25) is 0 Å². The highest BCUT2D eigenvalue weighted by molar-refractivity contribution is 7.80. The van der Waals surface area contributed by atoms with E-state index in [0.29, 0.717) is 17.6 Å². The van der Waals surface area contributed by atoms with E-state index in [0.717, 1.165) is 17.0 Å². The van der Waals surface area contributed by atoms with Crippen LogP contribution in [0.2, 0.25) is 0 Å². The van der Waals surface area contributed by atoms with Gasteiger partial charge in [0.1, 0.15) is 4.99 Å². The molecule has 1 aromatic rings. The number of nitrogens with zero attached hydrogens (tertiary/aromatic N) is 1. The lowest BCUT2D eigenvalue weighted by molar-refractivity contribution is 0.103. The first-order chi connectivity index (χ1) is 8.99. The minimum atomic E-state index is -0.466. The lowest BCUT2D eigenvalue weighted by Crippen LogP contribution is -2.34. The number of aliphatic hydroxyl groups is 1. The molecule has 1 saturated carbocycles. The first-order valence-corrected chi connectivity index (χ1v) is 7.18. The molecule has 1 aliphatic carbocycles. The summed E-state index contributed by atoms with van der Waals surface area (Å²) < 4.78 is 0. The first-order valence-electron chi connectivity index (χ1n) is 6.77. The van der Waals surface area contributed by atoms with Crippen molar-refractivity contribution in [2.45, 2.75) is 31.9 Å². The molecule has 3 N–H and O–H groups in total. The Balaban J connectivity index is 1.94. The van der Waals surface area contributed by atoms with Gasteiger partial charge in [0.15, 0.2) is 0 Å². The third-order valence-electron chi connectivity index (χ3n) is 4.04. The van der Waals surface area contributed by atoms with Crippen LogP contribution in [0.15, 0.2) is 24.3 Å². The fraction of sp³-hybridized carbons (Fsp3) is 0.533. The summed E-state index contributed by atoms with van der Waals surface area (Å²) in [6, 6.07) is 8.07. The van der Waals surface area contributed by atoms with Crippen molar-refractivity contribution in [1.29, 1.82) is 0 Å². The van der Waals surface area contributed by atoms with Crippen molar-refractivity contribution in [3.05, 3.63) is 35.4 Å². The van der Waals surface area contributed by atoms with Crippen molar-refractivity contribution in [3.8, 4) is 0 Å². The van der Waals surface area contributed by atoms with E-state index in [1.165, 1.54) is 12.8 Å². The largest absolute Gasteiger partial charge is 0.389 e. The molecular formula is C15H22N2OS. The third kappa shape index (κ3) is 3.75. The SMILES string of the molecule is CC(C1CC1)N(C)CC(O)c1ccc(C(N)=S)cc1. The maximum atomic E-state index is 10.3. The fourth-order valence-electron chi connectivity index (χ4n) is 2.35. The molecule has 2 rings (SSSR count). The second-order valence-electron chi connectivity index (χ2n) is 5.52. The lowest BCUT2D eigenvalue weighted by atomic mass is 10.1. The number of likely N-dealkylation sites (N-methyl/N-ethyl adjacent to an activating group) is 1. The molecule has 19 heavy (non-hydrogen) atoms. The minimum Gasteiger partial charge on any atom is -0.389 e. The number of hydrogen-bond acceptors (Lipinski definition) is 3. The summed E-state index contributed by atoms with van der Waals surface area (Å²) in [5, 5.41) is 10.3. The van der Waals surface area contributed by atoms with E-state index in [1.807, 2.05) is 24.3 Å². The van der Waals surface area contributed by atoms with E-state index >= 15 is 0 Å². The van der Waals surface area contributed by atoms with Crippen molar-refractivity contribution in [2.24, 2.45) is 11.7 Å². The van der Waals surface area contributed by atoms with Crippen molar-refractivity contribution in [3.63, 3.8) is 0 Å². The Morgan fingerprint density at radius 1 is 1.42 bits per heavy atom. The van der Waals surface area contributed by atoms with Gasteiger partial charge in [0.2, 0.25) is 0 Å². The molecule has 4 heteroatoms. The van der Waals surface area contributed by atoms with Crippen molar-refractivity contribution in [1.82, 2.24) is 4.90 Å². The van der Waals surface area contributed by atoms with Gasteiger partial charge in [0.25, 0.3) is 0 Å². The normalized spacial score (nSPS) is 18.3. The van der Waals surface area contributed by atoms with Crippen molar-refractivity contribution >= 4 is 17.2 Å². The number of rotatable bonds is 6. The number of nitrogens with two attached hydrogens (primary N) is 1. The van der Waals surface area contributed by atoms with Gasteiger partial charge in [-0.2, -0.15) is 0 Å². The number of thiocarbonyl (C=S) groups is 1. The van der Waals surface area contributed by atoms with Gasteiger partial charge in [-0.05, 0) is 38.3 Å². The van der Waals surface area contributed by atoms with Gasteiger partial charge in [0.05, 0.1) is 6.10 Å². The van der Waals surface area contributed by atoms with E-state index in [1.54, 1.807) is 0 Å². The van der Waals surface area contributed by atoms with Gasteiger partial charge in [0, 0.05) is 18.2 Å². The fourth-order valence-corrected chi connectivity index (χ4v) is 2.49. The molecule has 0 radical (unpaired) electrons. The molecule has 104 valence electrons. The maximum absolute atomic E-state index is 10.3. The lowest BCUT2D eigenvalue weighted by Gasteiger charge is -2.27. The summed E-state index contributed by atoms with van der Waals surface area (Å²) in [6.45, 7) is 2.89. The Labute approximate surface area is 120 Å². The molecule has 0 amide bonds. The van der Waals surface area contributed by atoms with E-state index in [2.05, 4.69) is 18.9 Å². The minimum absolute atomic E-state index is 0.389. The van der Waals surface area contributed by atoms with Crippen molar-refractivity contribution < 1.29 is 5.11 Å². The average molecular weight is 278 g/mol. The van der Waals surface area contributed by atoms with Crippen LogP contribution in [0.4, 0.5) is 0 Å². The van der Waals surface area contributed by atoms with E-state index in [4.69, 9.17) is 18.0 Å². The molecule has 2 atom stereocenters. The highest BCUT2D eigenvalue weighted by atomic mass is 32.1. The maximum Gasteiger partial charge on any atom is 0.103 e. The van der Waals surface area contributed by atoms with Crippen LogP contribution in [-0.2, 0) is 0 Å². The predicted molar refractivity (Wildman–Crippen MR) is 82.1 cm³/mol. The molecule has 1 fully saturated rings. The molecule has 1 aromatic carbocycles. The molecule has 0 heterocycles. The highest BCUT2D eigenvalue weighted by Gasteiger charge is 2.31. The summed E-state index contributed by atoms with van der Waals surface area (Å²) >= 11 is 4.92. The molecule has 3 nitrogen and oxygen atoms in total. The summed E-state index contributed by atoms with van der Waals surface area (Å²) in [4.78, 5) is 2.63. The zero-order valence-corrected chi connectivity index (χ0v) is 12.4. The Hall–Kier alpha value is -0.970. The molecule has 2 unspecified atom stereocenters. The second kappa shape index (κ2) is 5.99. The Morgan fingerprint density at radius 2 is 2.00 bits per heavy atom. The van der Waals surface area contributed by atoms with Gasteiger partial charge < -0.3 is 15.7 Å². The summed E-state index contributed by atoms with van der Waals surface area (Å²) in [5.41, 5.74) is 7.31. The summed E-state index contributed by atoms with van der Waals surface area (Å²) in [6.07, 6.45) is 2.18. The summed E-state index contributed by atoms with van der Waals surface area (Å²) in [7, 11) is 2.08. The standard InChI is InChI=1S/C15H22N2OS/c1-10(11-3-4-11)17(2)9-14(18)12-5-7-13(8-6-12)15(16)19/h5-8,10-11,14,18H,3-4,9H2,1-2H3,(H2,16,19). The van der Waals surface area contributed by atoms with Crippen LogP contribution in [0.25, 0.3) is 0 Å². The van der Waals surface area contributed by atoms with E-state index < -0.39 is 6.10 Å². The second-order valence-corrected chi connectivity index (χ2v) is 5.96. The Kier molecular flexibility index (Phi) is 4.55. The van der Waals surface area contributed by atoms with Crippen molar-refractivity contribution in [2.75, 3.05) is 13.6 Å². The van der Waals surface area contributed by atoms with Crippen LogP contribution in [0.1, 0.15) is 37.0 Å². The van der Waals surface area contributed by atoms with Crippen LogP contribution < -0.4 is 5.73 Å². The van der Waals surface area contributed by atoms with Gasteiger partial charge >= 0.3 is 0 Å². The smallest absolute Gasteiger partial charge is 0.103 e. The monoisotopic (exact) mass is 278 g/mol. The predicted octanol–water partition coefficient (Wildman–Crippen LogP) is 2.08. The van der Waals surface area contributed by atoms with Crippen LogP contribution in [0.5, 0.6) is 0 Å². The van der Waals surface area contributed by atoms with Gasteiger partial charge in [-0.1, -0.05) is 36.5 Å². The molecular weight excluding hydrogens is 256 g/mol. The molecule has 1 aliphatic rings. The Bertz CT molecular complexity index is 442. The molecule has 0 spiro atoms. The highest BCUT2D eigenvalue weighted by Crippen LogP contribution is 2.35. The third-order valence-corrected chi connectivity index (χ3v) is 4.28. The van der Waals surface area contributed by atoms with Gasteiger partial charge in [-0.15, -0.1) is 0 Å². The number of aliphatic hydroxyl groups excluding tert-OH is 1. The average Bonchev–Trinajstić information content (AvgIpc) is 3.22. The molecule has 0 bridgehead atoms. The quantitative estimate of drug-likeness (QED) is 0.782. The number of benzene rings is 1. The Morgan fingerprint density at radius 3 is 2.47 bits per heavy atom. The van der Waals surface area contributed by atoms with E-state index in [9.17, 15) is 5.11 Å². The molecule has 0 aliphatic heterocycles. The molecule has 0 saturated heterocycles. The topological polar surface area (TPSA) is 49.5 Å².